The molecule has 0 fully saturated rings. The van der Waals surface area contributed by atoms with Crippen molar-refractivity contribution in [3.63, 3.8) is 0 Å². The molecule has 0 atom stereocenters. The molecule has 0 radical (unpaired) electrons. The minimum Gasteiger partial charge on any atom is -0.508 e. The number of aromatic hydroxyl groups is 1. The van der Waals surface area contributed by atoms with Gasteiger partial charge in [0.25, 0.3) is 0 Å². The topological polar surface area (TPSA) is 46.2 Å². The summed E-state index contributed by atoms with van der Waals surface area (Å²) in [6.07, 6.45) is 0. The van der Waals surface area contributed by atoms with E-state index in [0.717, 1.165) is 0 Å². The molecule has 0 saturated heterocycles. The van der Waals surface area contributed by atoms with Gasteiger partial charge < -0.3 is 10.8 Å². The monoisotopic (exact) mass is 221 g/mol. The predicted molar refractivity (Wildman–Crippen MR) is 57.9 cm³/mol. The molecule has 2 aromatic carbocycles. The van der Waals surface area contributed by atoms with Gasteiger partial charge in [-0.15, -0.1) is 0 Å². The predicted octanol–water partition coefficient (Wildman–Crippen LogP) is 2.92. The Morgan fingerprint density at radius 3 is 2.12 bits per heavy atom. The lowest BCUT2D eigenvalue weighted by Gasteiger charge is -2.06. The first-order chi connectivity index (χ1) is 7.59. The smallest absolute Gasteiger partial charge is 0.182 e. The Balaban J connectivity index is 2.57. The van der Waals surface area contributed by atoms with Gasteiger partial charge in [0, 0.05) is 5.56 Å². The van der Waals surface area contributed by atoms with Crippen LogP contribution in [0.5, 0.6) is 5.75 Å². The molecular weight excluding hydrogens is 212 g/mol. The number of halogens is 2. The highest BCUT2D eigenvalue weighted by atomic mass is 19.2. The van der Waals surface area contributed by atoms with Crippen LogP contribution < -0.4 is 5.73 Å². The molecule has 16 heavy (non-hydrogen) atoms. The highest BCUT2D eigenvalue weighted by Crippen LogP contribution is 2.28. The van der Waals surface area contributed by atoms with Crippen LogP contribution in [0, 0.1) is 11.6 Å². The van der Waals surface area contributed by atoms with E-state index in [9.17, 15) is 8.78 Å². The number of nitrogen functional groups attached to an aromatic ring is 1. The number of hydrogen-bond acceptors (Lipinski definition) is 2. The molecule has 2 rings (SSSR count). The Labute approximate surface area is 91.0 Å². The van der Waals surface area contributed by atoms with E-state index < -0.39 is 11.6 Å². The number of nitrogens with two attached hydrogens (primary N) is 1. The van der Waals surface area contributed by atoms with Crippen molar-refractivity contribution in [2.75, 3.05) is 5.73 Å². The Morgan fingerprint density at radius 1 is 0.875 bits per heavy atom. The SMILES string of the molecule is Nc1ccc(-c2ccc(O)cc2)c(F)c1F. The Morgan fingerprint density at radius 2 is 1.50 bits per heavy atom. The fourth-order valence-corrected chi connectivity index (χ4v) is 1.43. The van der Waals surface area contributed by atoms with Crippen molar-refractivity contribution >= 4 is 5.69 Å². The highest BCUT2D eigenvalue weighted by molar-refractivity contribution is 5.67. The number of rotatable bonds is 1. The van der Waals surface area contributed by atoms with Gasteiger partial charge in [-0.3, -0.25) is 0 Å². The van der Waals surface area contributed by atoms with E-state index in [2.05, 4.69) is 0 Å². The molecule has 4 heteroatoms. The molecule has 2 nitrogen and oxygen atoms in total. The number of hydrogen-bond donors (Lipinski definition) is 2. The van der Waals surface area contributed by atoms with Crippen molar-refractivity contribution in [2.24, 2.45) is 0 Å². The number of benzene rings is 2. The summed E-state index contributed by atoms with van der Waals surface area (Å²) >= 11 is 0. The van der Waals surface area contributed by atoms with Crippen LogP contribution in [0.25, 0.3) is 11.1 Å². The number of anilines is 1. The maximum absolute atomic E-state index is 13.5. The molecule has 0 aliphatic carbocycles. The van der Waals surface area contributed by atoms with Crippen LogP contribution in [-0.2, 0) is 0 Å². The largest absolute Gasteiger partial charge is 0.508 e. The Bertz CT molecular complexity index is 523. The van der Waals surface area contributed by atoms with Gasteiger partial charge >= 0.3 is 0 Å². The number of phenolic OH excluding ortho intramolecular Hbond substituents is 1. The molecule has 0 saturated carbocycles. The fraction of sp³-hybridized carbons (Fsp3) is 0. The van der Waals surface area contributed by atoms with Crippen LogP contribution in [0.15, 0.2) is 36.4 Å². The van der Waals surface area contributed by atoms with E-state index in [0.29, 0.717) is 5.56 Å². The van der Waals surface area contributed by atoms with E-state index >= 15 is 0 Å². The maximum Gasteiger partial charge on any atom is 0.182 e. The van der Waals surface area contributed by atoms with Gasteiger partial charge in [0.2, 0.25) is 0 Å². The van der Waals surface area contributed by atoms with E-state index in [1.165, 1.54) is 36.4 Å². The lowest BCUT2D eigenvalue weighted by Crippen LogP contribution is -1.96. The summed E-state index contributed by atoms with van der Waals surface area (Å²) in [5.41, 5.74) is 5.61. The second kappa shape index (κ2) is 3.81. The van der Waals surface area contributed by atoms with Gasteiger partial charge in [0.1, 0.15) is 5.75 Å². The molecule has 2 aromatic rings. The van der Waals surface area contributed by atoms with Gasteiger partial charge in [0.15, 0.2) is 11.6 Å². The quantitative estimate of drug-likeness (QED) is 0.727. The fourth-order valence-electron chi connectivity index (χ4n) is 1.43. The molecule has 0 bridgehead atoms. The summed E-state index contributed by atoms with van der Waals surface area (Å²) in [4.78, 5) is 0. The zero-order valence-electron chi connectivity index (χ0n) is 8.24. The normalized spacial score (nSPS) is 10.4. The third-order valence-corrected chi connectivity index (χ3v) is 2.29. The molecule has 0 amide bonds. The molecule has 3 N–H and O–H groups in total. The summed E-state index contributed by atoms with van der Waals surface area (Å²) in [6.45, 7) is 0. The van der Waals surface area contributed by atoms with E-state index in [4.69, 9.17) is 10.8 Å². The molecule has 0 aliphatic heterocycles. The first kappa shape index (κ1) is 10.4. The molecule has 0 heterocycles. The third-order valence-electron chi connectivity index (χ3n) is 2.29. The van der Waals surface area contributed by atoms with Crippen molar-refractivity contribution in [3.8, 4) is 16.9 Å². The van der Waals surface area contributed by atoms with E-state index in [1.807, 2.05) is 0 Å². The zero-order valence-corrected chi connectivity index (χ0v) is 8.24. The van der Waals surface area contributed by atoms with Crippen LogP contribution in [0.3, 0.4) is 0 Å². The molecule has 0 aliphatic rings. The van der Waals surface area contributed by atoms with Crippen molar-refractivity contribution in [1.82, 2.24) is 0 Å². The van der Waals surface area contributed by atoms with Crippen LogP contribution in [-0.4, -0.2) is 5.11 Å². The van der Waals surface area contributed by atoms with Gasteiger partial charge in [-0.05, 0) is 29.8 Å². The summed E-state index contributed by atoms with van der Waals surface area (Å²) in [5.74, 6) is -1.96. The average Bonchev–Trinajstić information content (AvgIpc) is 2.28. The van der Waals surface area contributed by atoms with Gasteiger partial charge in [-0.2, -0.15) is 0 Å². The van der Waals surface area contributed by atoms with E-state index in [-0.39, 0.29) is 17.0 Å². The summed E-state index contributed by atoms with van der Waals surface area (Å²) < 4.78 is 26.7. The molecular formula is C12H9F2NO. The molecule has 0 spiro atoms. The summed E-state index contributed by atoms with van der Waals surface area (Å²) in [7, 11) is 0. The third kappa shape index (κ3) is 1.69. The molecule has 0 unspecified atom stereocenters. The molecule has 0 aromatic heterocycles. The summed E-state index contributed by atoms with van der Waals surface area (Å²) in [5, 5.41) is 9.08. The van der Waals surface area contributed by atoms with E-state index in [1.54, 1.807) is 0 Å². The minimum atomic E-state index is -1.05. The van der Waals surface area contributed by atoms with Crippen LogP contribution >= 0.6 is 0 Å². The summed E-state index contributed by atoms with van der Waals surface area (Å²) in [6, 6.07) is 8.53. The lowest BCUT2D eigenvalue weighted by atomic mass is 10.0. The highest BCUT2D eigenvalue weighted by Gasteiger charge is 2.12. The van der Waals surface area contributed by atoms with Gasteiger partial charge in [-0.1, -0.05) is 12.1 Å². The minimum absolute atomic E-state index is 0.0695. The Kier molecular flexibility index (Phi) is 2.48. The first-order valence-electron chi connectivity index (χ1n) is 4.62. The van der Waals surface area contributed by atoms with Gasteiger partial charge in [0.05, 0.1) is 5.69 Å². The van der Waals surface area contributed by atoms with Crippen LogP contribution in [0.1, 0.15) is 0 Å². The zero-order chi connectivity index (χ0) is 11.7. The van der Waals surface area contributed by atoms with Crippen LogP contribution in [0.4, 0.5) is 14.5 Å². The Hall–Kier alpha value is -2.10. The second-order valence-corrected chi connectivity index (χ2v) is 3.38. The number of phenols is 1. The first-order valence-corrected chi connectivity index (χ1v) is 4.62. The van der Waals surface area contributed by atoms with Crippen molar-refractivity contribution in [2.45, 2.75) is 0 Å². The standard InChI is InChI=1S/C12H9F2NO/c13-11-9(5-6-10(15)12(11)14)7-1-3-8(16)4-2-7/h1-6,16H,15H2. The van der Waals surface area contributed by atoms with Crippen molar-refractivity contribution in [3.05, 3.63) is 48.0 Å². The lowest BCUT2D eigenvalue weighted by molar-refractivity contribution is 0.475. The van der Waals surface area contributed by atoms with Crippen molar-refractivity contribution in [1.29, 1.82) is 0 Å². The average molecular weight is 221 g/mol. The van der Waals surface area contributed by atoms with Crippen LogP contribution in [0.2, 0.25) is 0 Å². The van der Waals surface area contributed by atoms with Crippen molar-refractivity contribution < 1.29 is 13.9 Å². The molecule has 82 valence electrons. The second-order valence-electron chi connectivity index (χ2n) is 3.38. The van der Waals surface area contributed by atoms with Gasteiger partial charge in [-0.25, -0.2) is 8.78 Å². The maximum atomic E-state index is 13.5.